The van der Waals surface area contributed by atoms with Crippen molar-refractivity contribution >= 4 is 16.6 Å². The highest BCUT2D eigenvalue weighted by molar-refractivity contribution is 6.01. The molecule has 0 bridgehead atoms. The zero-order chi connectivity index (χ0) is 12.4. The van der Waals surface area contributed by atoms with Gasteiger partial charge in [-0.15, -0.1) is 0 Å². The van der Waals surface area contributed by atoms with Crippen LogP contribution in [0.15, 0.2) is 42.5 Å². The van der Waals surface area contributed by atoms with Gasteiger partial charge in [0.05, 0.1) is 6.54 Å². The number of ketones is 1. The Labute approximate surface area is 107 Å². The molecule has 1 aliphatic heterocycles. The minimum atomic E-state index is 0.239. The summed E-state index contributed by atoms with van der Waals surface area (Å²) in [6.45, 7) is 2.71. The van der Waals surface area contributed by atoms with Gasteiger partial charge in [-0.05, 0) is 42.8 Å². The zero-order valence-corrected chi connectivity index (χ0v) is 10.4. The normalized spacial score (nSPS) is 16.2. The molecule has 0 radical (unpaired) electrons. The van der Waals surface area contributed by atoms with Gasteiger partial charge in [0.15, 0.2) is 5.78 Å². The van der Waals surface area contributed by atoms with Gasteiger partial charge in [0.2, 0.25) is 0 Å². The third kappa shape index (κ3) is 2.29. The van der Waals surface area contributed by atoms with Crippen LogP contribution >= 0.6 is 0 Å². The Hall–Kier alpha value is -1.67. The van der Waals surface area contributed by atoms with Gasteiger partial charge in [-0.25, -0.2) is 0 Å². The van der Waals surface area contributed by atoms with Crippen molar-refractivity contribution in [1.29, 1.82) is 0 Å². The molecule has 1 saturated heterocycles. The maximum atomic E-state index is 12.2. The van der Waals surface area contributed by atoms with Gasteiger partial charge in [0.25, 0.3) is 0 Å². The van der Waals surface area contributed by atoms with Crippen molar-refractivity contribution in [2.24, 2.45) is 0 Å². The monoisotopic (exact) mass is 239 g/mol. The standard InChI is InChI=1S/C16H17NO/c18-16(12-17-9-3-4-10-17)15-8-7-13-5-1-2-6-14(13)11-15/h1-2,5-8,11H,3-4,9-10,12H2. The molecular weight excluding hydrogens is 222 g/mol. The molecule has 2 nitrogen and oxygen atoms in total. The molecule has 1 heterocycles. The summed E-state index contributed by atoms with van der Waals surface area (Å²) in [5.41, 5.74) is 0.834. The second-order valence-corrected chi connectivity index (χ2v) is 4.97. The molecular formula is C16H17NO. The number of likely N-dealkylation sites (tertiary alicyclic amines) is 1. The van der Waals surface area contributed by atoms with Gasteiger partial charge in [-0.1, -0.05) is 36.4 Å². The van der Waals surface area contributed by atoms with Crippen LogP contribution in [-0.4, -0.2) is 30.3 Å². The Balaban J connectivity index is 1.82. The van der Waals surface area contributed by atoms with Crippen molar-refractivity contribution in [3.8, 4) is 0 Å². The number of carbonyl (C=O) groups is 1. The van der Waals surface area contributed by atoms with Crippen LogP contribution < -0.4 is 0 Å². The Morgan fingerprint density at radius 3 is 2.50 bits per heavy atom. The molecule has 0 atom stereocenters. The fraction of sp³-hybridized carbons (Fsp3) is 0.312. The second kappa shape index (κ2) is 4.91. The smallest absolute Gasteiger partial charge is 0.176 e. The van der Waals surface area contributed by atoms with Gasteiger partial charge in [-0.3, -0.25) is 9.69 Å². The molecule has 0 unspecified atom stereocenters. The number of hydrogen-bond donors (Lipinski definition) is 0. The molecule has 0 N–H and O–H groups in total. The van der Waals surface area contributed by atoms with E-state index in [1.54, 1.807) is 0 Å². The lowest BCUT2D eigenvalue weighted by Crippen LogP contribution is -2.26. The number of benzene rings is 2. The molecule has 0 spiro atoms. The quantitative estimate of drug-likeness (QED) is 0.767. The highest BCUT2D eigenvalue weighted by atomic mass is 16.1. The zero-order valence-electron chi connectivity index (χ0n) is 10.4. The van der Waals surface area contributed by atoms with E-state index in [1.165, 1.54) is 18.2 Å². The summed E-state index contributed by atoms with van der Waals surface area (Å²) in [6, 6.07) is 14.2. The minimum absolute atomic E-state index is 0.239. The van der Waals surface area contributed by atoms with Crippen LogP contribution in [-0.2, 0) is 0 Å². The number of Topliss-reactive ketones (excluding diaryl/α,β-unsaturated/α-hetero) is 1. The van der Waals surface area contributed by atoms with Crippen molar-refractivity contribution in [2.75, 3.05) is 19.6 Å². The van der Waals surface area contributed by atoms with Gasteiger partial charge in [-0.2, -0.15) is 0 Å². The topological polar surface area (TPSA) is 20.3 Å². The fourth-order valence-electron chi connectivity index (χ4n) is 2.60. The summed E-state index contributed by atoms with van der Waals surface area (Å²) < 4.78 is 0. The van der Waals surface area contributed by atoms with Crippen LogP contribution in [0.25, 0.3) is 10.8 Å². The van der Waals surface area contributed by atoms with E-state index in [2.05, 4.69) is 17.0 Å². The Bertz CT molecular complexity index is 570. The van der Waals surface area contributed by atoms with E-state index in [1.807, 2.05) is 30.3 Å². The molecule has 2 aromatic rings. The highest BCUT2D eigenvalue weighted by Gasteiger charge is 2.16. The third-order valence-corrected chi connectivity index (χ3v) is 3.64. The number of nitrogens with zero attached hydrogens (tertiary/aromatic N) is 1. The van der Waals surface area contributed by atoms with Crippen LogP contribution in [0.3, 0.4) is 0 Å². The lowest BCUT2D eigenvalue weighted by molar-refractivity contribution is 0.0945. The summed E-state index contributed by atoms with van der Waals surface area (Å²) in [5.74, 6) is 0.239. The van der Waals surface area contributed by atoms with Gasteiger partial charge >= 0.3 is 0 Å². The predicted octanol–water partition coefficient (Wildman–Crippen LogP) is 3.12. The number of rotatable bonds is 3. The van der Waals surface area contributed by atoms with Crippen LogP contribution in [0.2, 0.25) is 0 Å². The largest absolute Gasteiger partial charge is 0.296 e. The molecule has 0 aromatic heterocycles. The average molecular weight is 239 g/mol. The maximum Gasteiger partial charge on any atom is 0.176 e. The van der Waals surface area contributed by atoms with E-state index >= 15 is 0 Å². The van der Waals surface area contributed by atoms with Gasteiger partial charge in [0.1, 0.15) is 0 Å². The summed E-state index contributed by atoms with van der Waals surface area (Å²) in [4.78, 5) is 14.5. The molecule has 2 heteroatoms. The van der Waals surface area contributed by atoms with Crippen molar-refractivity contribution in [3.05, 3.63) is 48.0 Å². The van der Waals surface area contributed by atoms with E-state index in [0.717, 1.165) is 24.0 Å². The second-order valence-electron chi connectivity index (χ2n) is 4.97. The first-order valence-electron chi connectivity index (χ1n) is 6.57. The van der Waals surface area contributed by atoms with Crippen molar-refractivity contribution in [1.82, 2.24) is 4.90 Å². The van der Waals surface area contributed by atoms with E-state index < -0.39 is 0 Å². The first-order chi connectivity index (χ1) is 8.83. The lowest BCUT2D eigenvalue weighted by atomic mass is 10.0. The summed E-state index contributed by atoms with van der Waals surface area (Å²) >= 11 is 0. The van der Waals surface area contributed by atoms with E-state index in [0.29, 0.717) is 6.54 Å². The number of carbonyl (C=O) groups excluding carboxylic acids is 1. The van der Waals surface area contributed by atoms with Crippen LogP contribution in [0.5, 0.6) is 0 Å². The number of fused-ring (bicyclic) bond motifs is 1. The van der Waals surface area contributed by atoms with E-state index in [9.17, 15) is 4.79 Å². The van der Waals surface area contributed by atoms with Crippen molar-refractivity contribution in [3.63, 3.8) is 0 Å². The third-order valence-electron chi connectivity index (χ3n) is 3.64. The van der Waals surface area contributed by atoms with E-state index in [-0.39, 0.29) is 5.78 Å². The molecule has 92 valence electrons. The number of hydrogen-bond acceptors (Lipinski definition) is 2. The SMILES string of the molecule is O=C(CN1CCCC1)c1ccc2ccccc2c1. The van der Waals surface area contributed by atoms with Gasteiger partial charge < -0.3 is 0 Å². The molecule has 0 aliphatic carbocycles. The van der Waals surface area contributed by atoms with Crippen LogP contribution in [0, 0.1) is 0 Å². The molecule has 0 amide bonds. The summed E-state index contributed by atoms with van der Waals surface area (Å²) in [7, 11) is 0. The molecule has 0 saturated carbocycles. The minimum Gasteiger partial charge on any atom is -0.296 e. The summed E-state index contributed by atoms with van der Waals surface area (Å²) in [6.07, 6.45) is 2.45. The van der Waals surface area contributed by atoms with Gasteiger partial charge in [0, 0.05) is 5.56 Å². The fourth-order valence-corrected chi connectivity index (χ4v) is 2.60. The predicted molar refractivity (Wildman–Crippen MR) is 74.0 cm³/mol. The van der Waals surface area contributed by atoms with Crippen LogP contribution in [0.1, 0.15) is 23.2 Å². The Morgan fingerprint density at radius 2 is 1.72 bits per heavy atom. The Kier molecular flexibility index (Phi) is 3.11. The molecule has 1 fully saturated rings. The molecule has 3 rings (SSSR count). The first-order valence-corrected chi connectivity index (χ1v) is 6.57. The Morgan fingerprint density at radius 1 is 1.00 bits per heavy atom. The average Bonchev–Trinajstić information content (AvgIpc) is 2.91. The highest BCUT2D eigenvalue weighted by Crippen LogP contribution is 2.17. The van der Waals surface area contributed by atoms with Crippen molar-refractivity contribution < 1.29 is 4.79 Å². The van der Waals surface area contributed by atoms with Crippen LogP contribution in [0.4, 0.5) is 0 Å². The summed E-state index contributed by atoms with van der Waals surface area (Å²) in [5, 5.41) is 2.33. The van der Waals surface area contributed by atoms with Crippen molar-refractivity contribution in [2.45, 2.75) is 12.8 Å². The lowest BCUT2D eigenvalue weighted by Gasteiger charge is -2.13. The molecule has 2 aromatic carbocycles. The van der Waals surface area contributed by atoms with E-state index in [4.69, 9.17) is 0 Å². The maximum absolute atomic E-state index is 12.2. The molecule has 18 heavy (non-hydrogen) atoms. The molecule has 1 aliphatic rings. The first kappa shape index (κ1) is 11.4.